The van der Waals surface area contributed by atoms with Gasteiger partial charge in [-0.1, -0.05) is 67.1 Å². The third-order valence-electron chi connectivity index (χ3n) is 4.72. The number of halogens is 1. The zero-order chi connectivity index (χ0) is 17.8. The van der Waals surface area contributed by atoms with Crippen molar-refractivity contribution in [3.8, 4) is 22.5 Å². The largest absolute Gasteiger partial charge is 0.324 e. The number of nitrogens with zero attached hydrogens (tertiary/aromatic N) is 3. The van der Waals surface area contributed by atoms with Crippen LogP contribution in [-0.4, -0.2) is 20.1 Å². The van der Waals surface area contributed by atoms with E-state index in [0.717, 1.165) is 43.0 Å². The first-order valence-electron chi connectivity index (χ1n) is 9.13. The number of unbranched alkanes of at least 4 members (excludes halogenated alkanes) is 2. The van der Waals surface area contributed by atoms with Crippen LogP contribution in [0.4, 0.5) is 0 Å². The number of aromatic nitrogens is 3. The summed E-state index contributed by atoms with van der Waals surface area (Å²) in [5.74, 6) is 0.731. The van der Waals surface area contributed by atoms with Crippen molar-refractivity contribution < 1.29 is 0 Å². The molecule has 4 heteroatoms. The first-order chi connectivity index (χ1) is 12.9. The van der Waals surface area contributed by atoms with E-state index >= 15 is 0 Å². The Balaban J connectivity index is 1.90. The average molecular weight is 364 g/mol. The molecule has 26 heavy (non-hydrogen) atoms. The van der Waals surface area contributed by atoms with Crippen LogP contribution in [0.5, 0.6) is 0 Å². The van der Waals surface area contributed by atoms with E-state index in [2.05, 4.69) is 80.9 Å². The summed E-state index contributed by atoms with van der Waals surface area (Å²) in [6, 6.07) is 23.2. The van der Waals surface area contributed by atoms with Gasteiger partial charge in [0.05, 0.1) is 17.6 Å². The van der Waals surface area contributed by atoms with Gasteiger partial charge in [-0.2, -0.15) is 5.10 Å². The maximum atomic E-state index is 5.85. The highest BCUT2D eigenvalue weighted by Gasteiger charge is 2.20. The maximum Gasteiger partial charge on any atom is 0.136 e. The Bertz CT molecular complexity index is 971. The Kier molecular flexibility index (Phi) is 5.07. The van der Waals surface area contributed by atoms with Crippen molar-refractivity contribution in [2.75, 3.05) is 5.88 Å². The van der Waals surface area contributed by atoms with E-state index in [1.54, 1.807) is 0 Å². The van der Waals surface area contributed by atoms with E-state index in [9.17, 15) is 0 Å². The minimum absolute atomic E-state index is 0.731. The van der Waals surface area contributed by atoms with Gasteiger partial charge >= 0.3 is 0 Å². The van der Waals surface area contributed by atoms with Crippen molar-refractivity contribution in [2.45, 2.75) is 25.8 Å². The Morgan fingerprint density at radius 2 is 1.38 bits per heavy atom. The number of imidazole rings is 1. The lowest BCUT2D eigenvalue weighted by atomic mass is 10.0. The van der Waals surface area contributed by atoms with Crippen LogP contribution in [0.2, 0.25) is 0 Å². The molecular formula is C22H22ClN3. The summed E-state index contributed by atoms with van der Waals surface area (Å²) in [6.45, 7) is 0.961. The summed E-state index contributed by atoms with van der Waals surface area (Å²) in [6.07, 6.45) is 5.18. The van der Waals surface area contributed by atoms with Gasteiger partial charge in [0, 0.05) is 29.6 Å². The van der Waals surface area contributed by atoms with Crippen molar-refractivity contribution in [3.63, 3.8) is 0 Å². The fourth-order valence-electron chi connectivity index (χ4n) is 3.53. The molecule has 0 saturated heterocycles. The van der Waals surface area contributed by atoms with Crippen molar-refractivity contribution >= 4 is 17.2 Å². The van der Waals surface area contributed by atoms with Crippen LogP contribution < -0.4 is 0 Å². The monoisotopic (exact) mass is 363 g/mol. The van der Waals surface area contributed by atoms with Crippen LogP contribution in [0.25, 0.3) is 28.2 Å². The highest BCUT2D eigenvalue weighted by atomic mass is 35.5. The molecule has 4 aromatic rings. The lowest BCUT2D eigenvalue weighted by molar-refractivity contribution is 0.619. The molecule has 0 radical (unpaired) electrons. The lowest BCUT2D eigenvalue weighted by Gasteiger charge is -2.11. The van der Waals surface area contributed by atoms with Gasteiger partial charge in [0.1, 0.15) is 5.65 Å². The molecule has 0 amide bonds. The van der Waals surface area contributed by atoms with Crippen molar-refractivity contribution in [1.29, 1.82) is 0 Å². The lowest BCUT2D eigenvalue weighted by Crippen LogP contribution is -2.01. The molecule has 4 rings (SSSR count). The zero-order valence-corrected chi connectivity index (χ0v) is 15.4. The summed E-state index contributed by atoms with van der Waals surface area (Å²) >= 11 is 5.85. The van der Waals surface area contributed by atoms with E-state index < -0.39 is 0 Å². The fraction of sp³-hybridized carbons (Fsp3) is 0.227. The third kappa shape index (κ3) is 3.15. The second-order valence-electron chi connectivity index (χ2n) is 6.43. The van der Waals surface area contributed by atoms with Crippen LogP contribution in [0.3, 0.4) is 0 Å². The number of fused-ring (bicyclic) bond motifs is 1. The first-order valence-corrected chi connectivity index (χ1v) is 9.66. The second kappa shape index (κ2) is 7.79. The van der Waals surface area contributed by atoms with Crippen molar-refractivity contribution in [2.24, 2.45) is 0 Å². The number of rotatable bonds is 7. The number of alkyl halides is 1. The molecule has 0 saturated carbocycles. The van der Waals surface area contributed by atoms with Crippen LogP contribution in [0, 0.1) is 0 Å². The smallest absolute Gasteiger partial charge is 0.136 e. The molecule has 0 aliphatic carbocycles. The normalized spacial score (nSPS) is 11.3. The molecule has 0 N–H and O–H groups in total. The van der Waals surface area contributed by atoms with E-state index in [4.69, 9.17) is 11.6 Å². The summed E-state index contributed by atoms with van der Waals surface area (Å²) < 4.78 is 4.47. The predicted octanol–water partition coefficient (Wildman–Crippen LogP) is 5.88. The molecule has 2 aromatic carbocycles. The minimum atomic E-state index is 0.731. The van der Waals surface area contributed by atoms with Gasteiger partial charge < -0.3 is 4.57 Å². The van der Waals surface area contributed by atoms with Crippen LogP contribution in [-0.2, 0) is 6.54 Å². The molecular weight excluding hydrogens is 342 g/mol. The van der Waals surface area contributed by atoms with Crippen LogP contribution >= 0.6 is 11.6 Å². The van der Waals surface area contributed by atoms with Crippen molar-refractivity contribution in [1.82, 2.24) is 14.2 Å². The molecule has 0 fully saturated rings. The van der Waals surface area contributed by atoms with Gasteiger partial charge in [0.15, 0.2) is 0 Å². The molecule has 3 nitrogen and oxygen atoms in total. The number of benzene rings is 2. The summed E-state index contributed by atoms with van der Waals surface area (Å²) in [5, 5.41) is 4.62. The molecule has 0 spiro atoms. The van der Waals surface area contributed by atoms with Crippen molar-refractivity contribution in [3.05, 3.63) is 72.9 Å². The van der Waals surface area contributed by atoms with E-state index in [1.807, 2.05) is 6.20 Å². The molecule has 0 bridgehead atoms. The fourth-order valence-corrected chi connectivity index (χ4v) is 3.72. The van der Waals surface area contributed by atoms with E-state index in [1.165, 1.54) is 16.8 Å². The summed E-state index contributed by atoms with van der Waals surface area (Å²) in [7, 11) is 0. The van der Waals surface area contributed by atoms with E-state index in [0.29, 0.717) is 0 Å². The number of hydrogen-bond donors (Lipinski definition) is 0. The summed E-state index contributed by atoms with van der Waals surface area (Å²) in [5.41, 5.74) is 5.90. The SMILES string of the molecule is ClCCCCCn1c(-c2ccccc2)c(-c2ccccc2)n2nccc12. The standard InChI is InChI=1S/C22H22ClN3/c23-15-8-3-9-17-25-20-14-16-24-26(20)22(19-12-6-2-7-13-19)21(25)18-10-4-1-5-11-18/h1-2,4-7,10-14,16H,3,8-9,15,17H2. The Labute approximate surface area is 158 Å². The van der Waals surface area contributed by atoms with Crippen LogP contribution in [0.1, 0.15) is 19.3 Å². The predicted molar refractivity (Wildman–Crippen MR) is 109 cm³/mol. The van der Waals surface area contributed by atoms with Gasteiger partial charge in [-0.3, -0.25) is 0 Å². The number of aryl methyl sites for hydroxylation is 1. The zero-order valence-electron chi connectivity index (χ0n) is 14.7. The highest BCUT2D eigenvalue weighted by Crippen LogP contribution is 2.35. The third-order valence-corrected chi connectivity index (χ3v) is 4.98. The quantitative estimate of drug-likeness (QED) is 0.297. The molecule has 0 aliphatic heterocycles. The van der Waals surface area contributed by atoms with Gasteiger partial charge in [-0.05, 0) is 12.8 Å². The van der Waals surface area contributed by atoms with Crippen LogP contribution in [0.15, 0.2) is 72.9 Å². The number of hydrogen-bond acceptors (Lipinski definition) is 1. The molecule has 0 atom stereocenters. The van der Waals surface area contributed by atoms with Gasteiger partial charge in [0.2, 0.25) is 0 Å². The molecule has 2 aromatic heterocycles. The molecule has 2 heterocycles. The molecule has 132 valence electrons. The Morgan fingerprint density at radius 3 is 2.04 bits per heavy atom. The van der Waals surface area contributed by atoms with Gasteiger partial charge in [-0.25, -0.2) is 4.52 Å². The molecule has 0 unspecified atom stereocenters. The second-order valence-corrected chi connectivity index (χ2v) is 6.81. The topological polar surface area (TPSA) is 22.2 Å². The first kappa shape index (κ1) is 16.9. The Hall–Kier alpha value is -2.52. The van der Waals surface area contributed by atoms with E-state index in [-0.39, 0.29) is 0 Å². The van der Waals surface area contributed by atoms with Gasteiger partial charge in [0.25, 0.3) is 0 Å². The minimum Gasteiger partial charge on any atom is -0.324 e. The molecule has 0 aliphatic rings. The maximum absolute atomic E-state index is 5.85. The highest BCUT2D eigenvalue weighted by molar-refractivity contribution is 6.17. The van der Waals surface area contributed by atoms with Gasteiger partial charge in [-0.15, -0.1) is 11.6 Å². The summed E-state index contributed by atoms with van der Waals surface area (Å²) in [4.78, 5) is 0. The average Bonchev–Trinajstić information content (AvgIpc) is 3.27. The Morgan fingerprint density at radius 1 is 0.731 bits per heavy atom.